The molecule has 1 heterocycles. The van der Waals surface area contributed by atoms with Gasteiger partial charge in [-0.2, -0.15) is 0 Å². The lowest BCUT2D eigenvalue weighted by atomic mass is 10.1. The van der Waals surface area contributed by atoms with E-state index in [9.17, 15) is 4.79 Å². The van der Waals surface area contributed by atoms with Gasteiger partial charge in [0.25, 0.3) is 0 Å². The van der Waals surface area contributed by atoms with Crippen LogP contribution >= 0.6 is 11.6 Å². The number of hydrogen-bond acceptors (Lipinski definition) is 2. The average molecular weight is 295 g/mol. The topological polar surface area (TPSA) is 50.4 Å². The van der Waals surface area contributed by atoms with Crippen molar-refractivity contribution in [3.8, 4) is 0 Å². The highest BCUT2D eigenvalue weighted by atomic mass is 35.5. The molecule has 1 fully saturated rings. The van der Waals surface area contributed by atoms with Crippen LogP contribution in [0, 0.1) is 0 Å². The molecule has 0 radical (unpaired) electrons. The van der Waals surface area contributed by atoms with Crippen molar-refractivity contribution >= 4 is 17.6 Å². The Morgan fingerprint density at radius 3 is 2.80 bits per heavy atom. The molecule has 20 heavy (non-hydrogen) atoms. The van der Waals surface area contributed by atoms with Crippen LogP contribution in [0.1, 0.15) is 18.4 Å². The maximum atomic E-state index is 11.6. The number of halogens is 1. The molecule has 4 nitrogen and oxygen atoms in total. The molecule has 0 atom stereocenters. The normalized spacial score (nSPS) is 14.8. The second kappa shape index (κ2) is 7.92. The minimum atomic E-state index is -0.184. The van der Waals surface area contributed by atoms with Gasteiger partial charge in [-0.3, -0.25) is 0 Å². The first kappa shape index (κ1) is 14.9. The Labute approximate surface area is 124 Å². The molecule has 1 aliphatic rings. The van der Waals surface area contributed by atoms with Crippen molar-refractivity contribution in [3.05, 3.63) is 46.6 Å². The van der Waals surface area contributed by atoms with E-state index in [-0.39, 0.29) is 6.03 Å². The third-order valence-corrected chi connectivity index (χ3v) is 3.55. The quantitative estimate of drug-likeness (QED) is 0.897. The van der Waals surface area contributed by atoms with E-state index in [1.54, 1.807) is 6.20 Å². The van der Waals surface area contributed by atoms with E-state index in [1.807, 2.05) is 24.3 Å². The zero-order valence-electron chi connectivity index (χ0n) is 11.3. The number of urea groups is 1. The van der Waals surface area contributed by atoms with E-state index >= 15 is 0 Å². The maximum absolute atomic E-state index is 11.6. The average Bonchev–Trinajstić information content (AvgIpc) is 2.48. The molecular formula is C15H19ClN2O2. The van der Waals surface area contributed by atoms with E-state index in [0.29, 0.717) is 6.54 Å². The molecule has 1 aromatic carbocycles. The Balaban J connectivity index is 1.69. The zero-order valence-corrected chi connectivity index (χ0v) is 12.1. The molecule has 5 heteroatoms. The highest BCUT2D eigenvalue weighted by Crippen LogP contribution is 2.14. The van der Waals surface area contributed by atoms with Crippen LogP contribution in [0.2, 0.25) is 5.02 Å². The van der Waals surface area contributed by atoms with Gasteiger partial charge in [-0.25, -0.2) is 4.79 Å². The summed E-state index contributed by atoms with van der Waals surface area (Å²) < 4.78 is 5.25. The molecule has 0 aromatic heterocycles. The fourth-order valence-electron chi connectivity index (χ4n) is 2.01. The monoisotopic (exact) mass is 294 g/mol. The number of benzene rings is 1. The highest BCUT2D eigenvalue weighted by molar-refractivity contribution is 6.31. The van der Waals surface area contributed by atoms with Crippen molar-refractivity contribution in [1.29, 1.82) is 0 Å². The second-order valence-corrected chi connectivity index (χ2v) is 5.06. The van der Waals surface area contributed by atoms with Crippen molar-refractivity contribution in [2.24, 2.45) is 0 Å². The first-order chi connectivity index (χ1) is 9.75. The van der Waals surface area contributed by atoms with Crippen LogP contribution in [0.3, 0.4) is 0 Å². The molecule has 0 aliphatic carbocycles. The Bertz CT molecular complexity index is 481. The van der Waals surface area contributed by atoms with Gasteiger partial charge in [-0.05, 0) is 36.5 Å². The number of ether oxygens (including phenoxy) is 1. The number of hydrogen-bond donors (Lipinski definition) is 2. The molecule has 0 spiro atoms. The van der Waals surface area contributed by atoms with Crippen LogP contribution < -0.4 is 10.6 Å². The Hall–Kier alpha value is -1.52. The summed E-state index contributed by atoms with van der Waals surface area (Å²) in [5, 5.41) is 6.30. The molecule has 0 bridgehead atoms. The fraction of sp³-hybridized carbons (Fsp3) is 0.400. The van der Waals surface area contributed by atoms with E-state index in [0.717, 1.165) is 43.1 Å². The van der Waals surface area contributed by atoms with Crippen LogP contribution in [0.25, 0.3) is 0 Å². The third-order valence-electron chi connectivity index (χ3n) is 3.18. The van der Waals surface area contributed by atoms with Crippen LogP contribution in [0.5, 0.6) is 0 Å². The summed E-state index contributed by atoms with van der Waals surface area (Å²) in [4.78, 5) is 11.6. The van der Waals surface area contributed by atoms with Gasteiger partial charge in [0.1, 0.15) is 0 Å². The van der Waals surface area contributed by atoms with Gasteiger partial charge in [-0.1, -0.05) is 29.8 Å². The van der Waals surface area contributed by atoms with Crippen molar-refractivity contribution in [1.82, 2.24) is 10.6 Å². The minimum Gasteiger partial charge on any atom is -0.381 e. The van der Waals surface area contributed by atoms with Gasteiger partial charge < -0.3 is 15.4 Å². The summed E-state index contributed by atoms with van der Waals surface area (Å²) >= 11 is 6.05. The summed E-state index contributed by atoms with van der Waals surface area (Å²) in [7, 11) is 0. The van der Waals surface area contributed by atoms with Gasteiger partial charge >= 0.3 is 6.03 Å². The van der Waals surface area contributed by atoms with E-state index in [2.05, 4.69) is 10.6 Å². The Morgan fingerprint density at radius 2 is 2.05 bits per heavy atom. The SMILES string of the molecule is O=C(NC=C1CCOCC1)NCCc1ccccc1Cl. The second-order valence-electron chi connectivity index (χ2n) is 4.66. The highest BCUT2D eigenvalue weighted by Gasteiger charge is 2.06. The van der Waals surface area contributed by atoms with Crippen LogP contribution in [0.15, 0.2) is 36.0 Å². The van der Waals surface area contributed by atoms with Gasteiger partial charge in [0.2, 0.25) is 0 Å². The lowest BCUT2D eigenvalue weighted by molar-refractivity contribution is 0.119. The van der Waals surface area contributed by atoms with Crippen LogP contribution in [-0.4, -0.2) is 25.8 Å². The first-order valence-electron chi connectivity index (χ1n) is 6.79. The summed E-state index contributed by atoms with van der Waals surface area (Å²) in [5.74, 6) is 0. The number of rotatable bonds is 4. The van der Waals surface area contributed by atoms with Gasteiger partial charge in [0, 0.05) is 17.8 Å². The van der Waals surface area contributed by atoms with Crippen molar-refractivity contribution in [3.63, 3.8) is 0 Å². The largest absolute Gasteiger partial charge is 0.381 e. The first-order valence-corrected chi connectivity index (χ1v) is 7.17. The molecule has 2 amide bonds. The maximum Gasteiger partial charge on any atom is 0.318 e. The van der Waals surface area contributed by atoms with E-state index in [4.69, 9.17) is 16.3 Å². The van der Waals surface area contributed by atoms with Gasteiger partial charge in [-0.15, -0.1) is 0 Å². The van der Waals surface area contributed by atoms with Gasteiger partial charge in [0.15, 0.2) is 0 Å². The van der Waals surface area contributed by atoms with Crippen LogP contribution in [0.4, 0.5) is 4.79 Å². The van der Waals surface area contributed by atoms with E-state index in [1.165, 1.54) is 5.57 Å². The fourth-order valence-corrected chi connectivity index (χ4v) is 2.24. The third kappa shape index (κ3) is 4.87. The lowest BCUT2D eigenvalue weighted by Gasteiger charge is -2.14. The predicted molar refractivity (Wildman–Crippen MR) is 79.8 cm³/mol. The van der Waals surface area contributed by atoms with Crippen molar-refractivity contribution in [2.45, 2.75) is 19.3 Å². The molecule has 2 rings (SSSR count). The minimum absolute atomic E-state index is 0.184. The predicted octanol–water partition coefficient (Wildman–Crippen LogP) is 2.88. The zero-order chi connectivity index (χ0) is 14.2. The molecule has 0 saturated carbocycles. The van der Waals surface area contributed by atoms with Crippen LogP contribution in [-0.2, 0) is 11.2 Å². The summed E-state index contributed by atoms with van der Waals surface area (Å²) in [5.41, 5.74) is 2.26. The molecule has 1 saturated heterocycles. The van der Waals surface area contributed by atoms with Crippen molar-refractivity contribution < 1.29 is 9.53 Å². The Morgan fingerprint density at radius 1 is 1.30 bits per heavy atom. The number of carbonyl (C=O) groups is 1. The van der Waals surface area contributed by atoms with Gasteiger partial charge in [0.05, 0.1) is 13.2 Å². The van der Waals surface area contributed by atoms with Crippen molar-refractivity contribution in [2.75, 3.05) is 19.8 Å². The molecule has 0 unspecified atom stereocenters. The number of nitrogens with one attached hydrogen (secondary N) is 2. The standard InChI is InChI=1S/C15H19ClN2O2/c16-14-4-2-1-3-13(14)5-8-17-15(19)18-11-12-6-9-20-10-7-12/h1-4,11H,5-10H2,(H2,17,18,19). The molecule has 1 aliphatic heterocycles. The lowest BCUT2D eigenvalue weighted by Crippen LogP contribution is -2.34. The smallest absolute Gasteiger partial charge is 0.318 e. The molecule has 1 aromatic rings. The summed E-state index contributed by atoms with van der Waals surface area (Å²) in [6.07, 6.45) is 4.28. The molecular weight excluding hydrogens is 276 g/mol. The summed E-state index contributed by atoms with van der Waals surface area (Å²) in [6, 6.07) is 7.47. The molecule has 2 N–H and O–H groups in total. The summed E-state index contributed by atoms with van der Waals surface area (Å²) in [6.45, 7) is 2.03. The number of carbonyl (C=O) groups excluding carboxylic acids is 1. The Kier molecular flexibility index (Phi) is 5.89. The number of amides is 2. The van der Waals surface area contributed by atoms with E-state index < -0.39 is 0 Å². The molecule has 108 valence electrons.